The predicted octanol–water partition coefficient (Wildman–Crippen LogP) is 8.76. The van der Waals surface area contributed by atoms with E-state index in [0.717, 1.165) is 6.42 Å². The van der Waals surface area contributed by atoms with E-state index >= 15 is 0 Å². The van der Waals surface area contributed by atoms with Gasteiger partial charge in [-0.2, -0.15) is 11.6 Å². The fraction of sp³-hybridized carbons (Fsp3) is 0.148. The van der Waals surface area contributed by atoms with E-state index in [4.69, 9.17) is 17.0 Å². The Morgan fingerprint density at radius 3 is 2.26 bits per heavy atom. The van der Waals surface area contributed by atoms with Crippen molar-refractivity contribution < 1.29 is 18.0 Å². The molecule has 0 aliphatic heterocycles. The maximum absolute atomic E-state index is 5.62. The third-order valence-electron chi connectivity index (χ3n) is 4.96. The first kappa shape index (κ1) is 24.3. The van der Waals surface area contributed by atoms with Crippen LogP contribution in [0, 0.1) is 13.0 Å². The zero-order valence-electron chi connectivity index (χ0n) is 18.1. The molecule has 0 heterocycles. The molecule has 0 N–H and O–H groups in total. The van der Waals surface area contributed by atoms with E-state index < -0.39 is 18.0 Å². The second-order valence-corrected chi connectivity index (χ2v) is 30.7. The molecule has 0 spiro atoms. The molecule has 0 unspecified atom stereocenters. The predicted molar refractivity (Wildman–Crippen MR) is 137 cm³/mol. The molecule has 4 heteroatoms. The summed E-state index contributed by atoms with van der Waals surface area (Å²) in [4.78, 5) is 0. The zero-order chi connectivity index (χ0) is 22.2. The summed E-state index contributed by atoms with van der Waals surface area (Å²) in [5, 5.41) is 2.69. The molecule has 5 rings (SSSR count). The van der Waals surface area contributed by atoms with Crippen molar-refractivity contribution in [3.63, 3.8) is 0 Å². The topological polar surface area (TPSA) is 0 Å². The number of allylic oxidation sites excluding steroid dienone is 1. The maximum Gasteiger partial charge on any atom is -0.0279 e. The minimum absolute atomic E-state index is 0.224. The van der Waals surface area contributed by atoms with Crippen LogP contribution in [0.5, 0.6) is 0 Å². The summed E-state index contributed by atoms with van der Waals surface area (Å²) in [6.07, 6.45) is 6.21. The van der Waals surface area contributed by atoms with Crippen molar-refractivity contribution in [3.8, 4) is 11.1 Å². The van der Waals surface area contributed by atoms with Gasteiger partial charge in [-0.25, -0.2) is 6.08 Å². The molecule has 31 heavy (non-hydrogen) atoms. The van der Waals surface area contributed by atoms with Crippen LogP contribution in [0.2, 0.25) is 13.1 Å². The first-order chi connectivity index (χ1) is 15.0. The van der Waals surface area contributed by atoms with Crippen LogP contribution in [0.1, 0.15) is 16.7 Å². The van der Waals surface area contributed by atoms with Crippen molar-refractivity contribution in [2.24, 2.45) is 0 Å². The number of rotatable bonds is 1. The van der Waals surface area contributed by atoms with Gasteiger partial charge in [-0.3, -0.25) is 6.08 Å². The van der Waals surface area contributed by atoms with Gasteiger partial charge in [-0.15, -0.1) is 52.6 Å². The molecular formula is C27H26Cl2SiZr-2. The molecular weight excluding hydrogens is 515 g/mol. The Bertz CT molecular complexity index is 1190. The van der Waals surface area contributed by atoms with Crippen molar-refractivity contribution in [2.75, 3.05) is 0 Å². The third-order valence-corrected chi connectivity index (χ3v) is 24.7. The number of hydrogen-bond acceptors (Lipinski definition) is 0. The summed E-state index contributed by atoms with van der Waals surface area (Å²) in [5.74, 6) is 0. The minimum atomic E-state index is -1.65. The molecule has 0 fully saturated rings. The Labute approximate surface area is 201 Å². The Balaban J connectivity index is 0.000000153. The molecule has 1 aliphatic carbocycles. The summed E-state index contributed by atoms with van der Waals surface area (Å²) >= 11 is -1.65. The summed E-state index contributed by atoms with van der Waals surface area (Å²) in [5.41, 5.74) is 6.45. The molecule has 4 aromatic rings. The van der Waals surface area contributed by atoms with Gasteiger partial charge < -0.3 is 0 Å². The average Bonchev–Trinajstić information content (AvgIpc) is 3.40. The third kappa shape index (κ3) is 7.09. The van der Waals surface area contributed by atoms with Crippen molar-refractivity contribution in [3.05, 3.63) is 108 Å². The normalized spacial score (nSPS) is 11.1. The van der Waals surface area contributed by atoms with Crippen LogP contribution < -0.4 is 0 Å². The molecule has 0 saturated carbocycles. The van der Waals surface area contributed by atoms with E-state index in [1.54, 1.807) is 0 Å². The molecule has 0 saturated heterocycles. The summed E-state index contributed by atoms with van der Waals surface area (Å²) in [7, 11) is 11.2. The summed E-state index contributed by atoms with van der Waals surface area (Å²) in [6, 6.07) is 29.9. The first-order valence-electron chi connectivity index (χ1n) is 10.3. The van der Waals surface area contributed by atoms with Crippen molar-refractivity contribution in [1.29, 1.82) is 0 Å². The Morgan fingerprint density at radius 1 is 0.903 bits per heavy atom. The van der Waals surface area contributed by atoms with Crippen LogP contribution >= 0.6 is 17.0 Å². The van der Waals surface area contributed by atoms with Crippen molar-refractivity contribution in [1.82, 2.24) is 0 Å². The summed E-state index contributed by atoms with van der Waals surface area (Å²) in [6.45, 7) is 6.48. The quantitative estimate of drug-likeness (QED) is 0.167. The van der Waals surface area contributed by atoms with E-state index in [1.807, 2.05) is 0 Å². The minimum Gasteiger partial charge on any atom is -0.272 e. The van der Waals surface area contributed by atoms with Gasteiger partial charge in [0.05, 0.1) is 0 Å². The molecule has 4 aromatic carbocycles. The van der Waals surface area contributed by atoms with Gasteiger partial charge in [0.1, 0.15) is 0 Å². The van der Waals surface area contributed by atoms with Gasteiger partial charge in [0.15, 0.2) is 0 Å². The summed E-state index contributed by atoms with van der Waals surface area (Å²) < 4.78 is 0. The van der Waals surface area contributed by atoms with Crippen LogP contribution in [0.15, 0.2) is 84.9 Å². The Kier molecular flexibility index (Phi) is 9.48. The van der Waals surface area contributed by atoms with E-state index in [-0.39, 0.29) is 5.43 Å². The number of benzene rings is 3. The molecule has 158 valence electrons. The number of halogens is 2. The van der Waals surface area contributed by atoms with Gasteiger partial charge >= 0.3 is 53.5 Å². The van der Waals surface area contributed by atoms with Crippen LogP contribution in [-0.2, 0) is 24.4 Å². The van der Waals surface area contributed by atoms with Gasteiger partial charge in [0.2, 0.25) is 0 Å². The second-order valence-electron chi connectivity index (χ2n) is 7.69. The standard InChI is InChI=1S/C16H13.C9H7.C2H6Si.2ClH.Zr/c1-12-10-14-8-5-9-15(16(14)11-12)13-6-3-2-4-7-13;1-2-5-9-7-3-6-8(9)4-1;1-3-2;;;/h2-11H,1H3;1-2,4-6H,7H2;1-2H3;2*1H;/q2*-1;;;;+2/p-2. The van der Waals surface area contributed by atoms with Crippen molar-refractivity contribution >= 4 is 39.3 Å². The van der Waals surface area contributed by atoms with Crippen LogP contribution in [0.4, 0.5) is 0 Å². The van der Waals surface area contributed by atoms with E-state index in [9.17, 15) is 0 Å². The Morgan fingerprint density at radius 2 is 1.58 bits per heavy atom. The first-order valence-corrected chi connectivity index (χ1v) is 22.8. The number of fused-ring (bicyclic) bond motifs is 2. The van der Waals surface area contributed by atoms with E-state index in [1.165, 1.54) is 38.6 Å². The average molecular weight is 541 g/mol. The maximum atomic E-state index is 5.62. The smallest absolute Gasteiger partial charge is 0.0279 e. The van der Waals surface area contributed by atoms with Crippen LogP contribution in [0.3, 0.4) is 0 Å². The molecule has 1 aliphatic rings. The van der Waals surface area contributed by atoms with Gasteiger partial charge in [-0.05, 0) is 5.56 Å². The second kappa shape index (κ2) is 12.1. The molecule has 0 atom stereocenters. The fourth-order valence-corrected chi connectivity index (χ4v) is 3.36. The van der Waals surface area contributed by atoms with Gasteiger partial charge in [0.25, 0.3) is 0 Å². The molecule has 0 bridgehead atoms. The largest absolute Gasteiger partial charge is 0.272 e. The van der Waals surface area contributed by atoms with Crippen molar-refractivity contribution in [2.45, 2.75) is 26.4 Å². The number of aryl methyl sites for hydroxylation is 1. The molecule has 0 radical (unpaired) electrons. The van der Waals surface area contributed by atoms with Gasteiger partial charge in [0, 0.05) is 0 Å². The van der Waals surface area contributed by atoms with Crippen LogP contribution in [0.25, 0.3) is 28.0 Å². The fourth-order valence-electron chi connectivity index (χ4n) is 3.36. The Hall–Kier alpha value is -1.31. The zero-order valence-corrected chi connectivity index (χ0v) is 23.1. The van der Waals surface area contributed by atoms with Crippen LogP contribution in [-0.4, -0.2) is 5.43 Å². The monoisotopic (exact) mass is 538 g/mol. The number of hydrogen-bond donors (Lipinski definition) is 0. The van der Waals surface area contributed by atoms with Gasteiger partial charge in [-0.1, -0.05) is 67.1 Å². The van der Waals surface area contributed by atoms with E-state index in [2.05, 4.69) is 117 Å². The molecule has 0 amide bonds. The van der Waals surface area contributed by atoms with E-state index in [0.29, 0.717) is 0 Å². The SMILES string of the molecule is C[Si](C)=[Zr]([Cl])[Cl].Cc1cc2c(-c3ccccc3)cccc2[cH-]1.[C-]1=Cc2ccccc2C1. The molecule has 0 aromatic heterocycles. The molecule has 0 nitrogen and oxygen atoms in total.